The van der Waals surface area contributed by atoms with Gasteiger partial charge in [-0.25, -0.2) is 8.42 Å². The molecule has 1 rings (SSSR count). The molecule has 1 aromatic carbocycles. The zero-order valence-electron chi connectivity index (χ0n) is 14.7. The molecule has 7 nitrogen and oxygen atoms in total. The molecule has 0 spiro atoms. The van der Waals surface area contributed by atoms with Gasteiger partial charge in [0.2, 0.25) is 11.8 Å². The highest BCUT2D eigenvalue weighted by Gasteiger charge is 2.28. The summed E-state index contributed by atoms with van der Waals surface area (Å²) in [5, 5.41) is 1.59. The van der Waals surface area contributed by atoms with Gasteiger partial charge in [0.05, 0.1) is 17.9 Å². The average molecular weight is 391 g/mol. The van der Waals surface area contributed by atoms with Crippen molar-refractivity contribution in [3.63, 3.8) is 0 Å². The van der Waals surface area contributed by atoms with Gasteiger partial charge in [0, 0.05) is 26.2 Å². The van der Waals surface area contributed by atoms with Crippen LogP contribution in [-0.4, -0.2) is 57.3 Å². The third-order valence-electron chi connectivity index (χ3n) is 3.65. The average Bonchev–Trinajstić information content (AvgIpc) is 2.53. The van der Waals surface area contributed by atoms with Gasteiger partial charge in [-0.2, -0.15) is 0 Å². The number of ether oxygens (including phenoxy) is 1. The molecule has 0 aliphatic carbocycles. The number of sulfone groups is 1. The number of benzene rings is 1. The van der Waals surface area contributed by atoms with Gasteiger partial charge in [0.15, 0.2) is 9.84 Å². The van der Waals surface area contributed by atoms with Crippen LogP contribution >= 0.6 is 11.6 Å². The van der Waals surface area contributed by atoms with Gasteiger partial charge < -0.3 is 15.0 Å². The fourth-order valence-electron chi connectivity index (χ4n) is 1.98. The number of carbonyl (C=O) groups excluding carboxylic acids is 2. The second-order valence-corrected chi connectivity index (χ2v) is 8.59. The summed E-state index contributed by atoms with van der Waals surface area (Å²) in [4.78, 5) is 25.1. The van der Waals surface area contributed by atoms with E-state index in [1.165, 1.54) is 25.0 Å². The number of nitrogens with one attached hydrogen (secondary N) is 1. The van der Waals surface area contributed by atoms with E-state index in [2.05, 4.69) is 5.32 Å². The summed E-state index contributed by atoms with van der Waals surface area (Å²) in [5.41, 5.74) is 0.376. The molecule has 0 unspecified atom stereocenters. The molecule has 9 heteroatoms. The number of halogens is 1. The van der Waals surface area contributed by atoms with Crippen molar-refractivity contribution in [3.8, 4) is 5.75 Å². The van der Waals surface area contributed by atoms with Crippen molar-refractivity contribution in [1.29, 1.82) is 0 Å². The fraction of sp³-hybridized carbons (Fsp3) is 0.500. The first-order valence-electron chi connectivity index (χ1n) is 7.64. The molecule has 0 bridgehead atoms. The highest BCUT2D eigenvalue weighted by Crippen LogP contribution is 2.27. The van der Waals surface area contributed by atoms with Crippen LogP contribution in [0.1, 0.15) is 19.8 Å². The molecule has 0 heterocycles. The number of anilines is 1. The number of methoxy groups -OCH3 is 1. The zero-order chi connectivity index (χ0) is 19.2. The second-order valence-electron chi connectivity index (χ2n) is 5.74. The van der Waals surface area contributed by atoms with Crippen LogP contribution in [0.3, 0.4) is 0 Å². The topological polar surface area (TPSA) is 92.8 Å². The molecule has 2 amide bonds. The summed E-state index contributed by atoms with van der Waals surface area (Å²) < 4.78 is 29.5. The SMILES string of the molecule is COc1ccc(NC(=O)[C@@H](C)S(=O)(=O)CCCC(=O)N(C)C)cc1Cl. The predicted octanol–water partition coefficient (Wildman–Crippen LogP) is 1.96. The molecule has 1 N–H and O–H groups in total. The van der Waals surface area contributed by atoms with E-state index in [9.17, 15) is 18.0 Å². The molecule has 25 heavy (non-hydrogen) atoms. The number of rotatable bonds is 8. The Morgan fingerprint density at radius 1 is 1.32 bits per heavy atom. The van der Waals surface area contributed by atoms with Gasteiger partial charge in [-0.05, 0) is 31.5 Å². The minimum atomic E-state index is -3.66. The lowest BCUT2D eigenvalue weighted by molar-refractivity contribution is -0.128. The molecule has 0 radical (unpaired) electrons. The van der Waals surface area contributed by atoms with Crippen LogP contribution in [-0.2, 0) is 19.4 Å². The molecular formula is C16H23ClN2O5S. The lowest BCUT2D eigenvalue weighted by Crippen LogP contribution is -2.34. The maximum absolute atomic E-state index is 12.2. The third kappa shape index (κ3) is 6.21. The first-order valence-corrected chi connectivity index (χ1v) is 9.74. The zero-order valence-corrected chi connectivity index (χ0v) is 16.3. The summed E-state index contributed by atoms with van der Waals surface area (Å²) in [6, 6.07) is 4.62. The summed E-state index contributed by atoms with van der Waals surface area (Å²) in [6.07, 6.45) is 0.292. The Morgan fingerprint density at radius 3 is 2.48 bits per heavy atom. The summed E-state index contributed by atoms with van der Waals surface area (Å²) >= 11 is 5.98. The Morgan fingerprint density at radius 2 is 1.96 bits per heavy atom. The Labute approximate surface area is 153 Å². The van der Waals surface area contributed by atoms with E-state index >= 15 is 0 Å². The monoisotopic (exact) mass is 390 g/mol. The molecule has 0 saturated carbocycles. The van der Waals surface area contributed by atoms with Crippen molar-refractivity contribution < 1.29 is 22.7 Å². The molecule has 0 aliphatic heterocycles. The Balaban J connectivity index is 2.67. The van der Waals surface area contributed by atoms with Crippen molar-refractivity contribution in [1.82, 2.24) is 4.90 Å². The van der Waals surface area contributed by atoms with Gasteiger partial charge in [-0.3, -0.25) is 9.59 Å². The highest BCUT2D eigenvalue weighted by molar-refractivity contribution is 7.92. The minimum Gasteiger partial charge on any atom is -0.495 e. The van der Waals surface area contributed by atoms with E-state index in [1.54, 1.807) is 26.2 Å². The Bertz CT molecular complexity index is 734. The smallest absolute Gasteiger partial charge is 0.242 e. The van der Waals surface area contributed by atoms with Crippen LogP contribution in [0.25, 0.3) is 0 Å². The van der Waals surface area contributed by atoms with E-state index in [4.69, 9.17) is 16.3 Å². The molecule has 0 saturated heterocycles. The summed E-state index contributed by atoms with van der Waals surface area (Å²) in [7, 11) is 1.01. The van der Waals surface area contributed by atoms with Crippen molar-refractivity contribution in [2.24, 2.45) is 0 Å². The van der Waals surface area contributed by atoms with Crippen molar-refractivity contribution in [2.45, 2.75) is 25.0 Å². The third-order valence-corrected chi connectivity index (χ3v) is 6.09. The fourth-order valence-corrected chi connectivity index (χ4v) is 3.52. The van der Waals surface area contributed by atoms with Gasteiger partial charge in [-0.1, -0.05) is 11.6 Å². The van der Waals surface area contributed by atoms with Gasteiger partial charge >= 0.3 is 0 Å². The van der Waals surface area contributed by atoms with E-state index in [1.807, 2.05) is 0 Å². The van der Waals surface area contributed by atoms with Crippen molar-refractivity contribution >= 4 is 38.9 Å². The maximum atomic E-state index is 12.2. The first kappa shape index (κ1) is 21.2. The Kier molecular flexibility index (Phi) is 7.69. The van der Waals surface area contributed by atoms with E-state index < -0.39 is 21.0 Å². The van der Waals surface area contributed by atoms with Gasteiger partial charge in [-0.15, -0.1) is 0 Å². The molecule has 0 aliphatic rings. The minimum absolute atomic E-state index is 0.120. The molecular weight excluding hydrogens is 368 g/mol. The van der Waals surface area contributed by atoms with Crippen LogP contribution in [0.15, 0.2) is 18.2 Å². The van der Waals surface area contributed by atoms with Crippen LogP contribution in [0, 0.1) is 0 Å². The standard InChI is InChI=1S/C16H23ClN2O5S/c1-11(25(22,23)9-5-6-15(20)19(2)3)16(21)18-12-7-8-14(24-4)13(17)10-12/h7-8,10-11H,5-6,9H2,1-4H3,(H,18,21)/t11-/m1/s1. The maximum Gasteiger partial charge on any atom is 0.242 e. The number of hydrogen-bond donors (Lipinski definition) is 1. The summed E-state index contributed by atoms with van der Waals surface area (Å²) in [5.74, 6) is -0.587. The number of carbonyl (C=O) groups is 2. The van der Waals surface area contributed by atoms with E-state index in [0.29, 0.717) is 16.5 Å². The van der Waals surface area contributed by atoms with Gasteiger partial charge in [0.25, 0.3) is 0 Å². The quantitative estimate of drug-likeness (QED) is 0.732. The van der Waals surface area contributed by atoms with Crippen LogP contribution in [0.4, 0.5) is 5.69 Å². The van der Waals surface area contributed by atoms with Crippen molar-refractivity contribution in [2.75, 3.05) is 32.3 Å². The first-order chi connectivity index (χ1) is 11.6. The molecule has 1 atom stereocenters. The number of nitrogens with zero attached hydrogens (tertiary/aromatic N) is 1. The molecule has 1 aromatic rings. The lowest BCUT2D eigenvalue weighted by Gasteiger charge is -2.14. The Hall–Kier alpha value is -1.80. The van der Waals surface area contributed by atoms with Gasteiger partial charge in [0.1, 0.15) is 11.0 Å². The normalized spacial score (nSPS) is 12.4. The van der Waals surface area contributed by atoms with Crippen LogP contribution in [0.5, 0.6) is 5.75 Å². The number of amides is 2. The number of hydrogen-bond acceptors (Lipinski definition) is 5. The van der Waals surface area contributed by atoms with E-state index in [0.717, 1.165) is 0 Å². The van der Waals surface area contributed by atoms with Crippen LogP contribution < -0.4 is 10.1 Å². The second kappa shape index (κ2) is 9.05. The molecule has 0 fully saturated rings. The van der Waals surface area contributed by atoms with Crippen molar-refractivity contribution in [3.05, 3.63) is 23.2 Å². The molecule has 140 valence electrons. The van der Waals surface area contributed by atoms with E-state index in [-0.39, 0.29) is 24.5 Å². The largest absolute Gasteiger partial charge is 0.495 e. The predicted molar refractivity (Wildman–Crippen MR) is 97.8 cm³/mol. The van der Waals surface area contributed by atoms with Crippen LogP contribution in [0.2, 0.25) is 5.02 Å². The lowest BCUT2D eigenvalue weighted by atomic mass is 10.3. The highest BCUT2D eigenvalue weighted by atomic mass is 35.5. The summed E-state index contributed by atoms with van der Waals surface area (Å²) in [6.45, 7) is 1.32. The molecule has 0 aromatic heterocycles.